The highest BCUT2D eigenvalue weighted by Crippen LogP contribution is 2.25. The summed E-state index contributed by atoms with van der Waals surface area (Å²) >= 11 is 0. The predicted molar refractivity (Wildman–Crippen MR) is 83.1 cm³/mol. The Bertz CT molecular complexity index is 622. The first kappa shape index (κ1) is 16.5. The van der Waals surface area contributed by atoms with Crippen molar-refractivity contribution in [3.8, 4) is 0 Å². The number of ether oxygens (including phenoxy) is 1. The lowest BCUT2D eigenvalue weighted by Gasteiger charge is -2.39. The molecule has 2 aliphatic rings. The fourth-order valence-corrected chi connectivity index (χ4v) is 3.23. The molecular formula is C16H21N3O5. The summed E-state index contributed by atoms with van der Waals surface area (Å²) in [4.78, 5) is 38.3. The smallest absolute Gasteiger partial charge is 0.289 e. The lowest BCUT2D eigenvalue weighted by molar-refractivity contribution is -0.129. The number of amides is 3. The molecule has 1 aromatic heterocycles. The fourth-order valence-electron chi connectivity index (χ4n) is 3.23. The third-order valence-electron chi connectivity index (χ3n) is 4.45. The van der Waals surface area contributed by atoms with Crippen molar-refractivity contribution >= 4 is 17.7 Å². The van der Waals surface area contributed by atoms with E-state index < -0.39 is 11.6 Å². The van der Waals surface area contributed by atoms with Gasteiger partial charge in [-0.3, -0.25) is 14.4 Å². The van der Waals surface area contributed by atoms with Gasteiger partial charge in [0.05, 0.1) is 18.3 Å². The molecule has 130 valence electrons. The highest BCUT2D eigenvalue weighted by atomic mass is 16.5. The Labute approximate surface area is 139 Å². The summed E-state index contributed by atoms with van der Waals surface area (Å²) in [6, 6.07) is 2.44. The number of carbonyl (C=O) groups is 3. The zero-order valence-electron chi connectivity index (χ0n) is 13.5. The minimum atomic E-state index is -0.788. The van der Waals surface area contributed by atoms with E-state index in [9.17, 15) is 14.4 Å². The molecule has 1 atom stereocenters. The lowest BCUT2D eigenvalue weighted by Crippen LogP contribution is -2.57. The van der Waals surface area contributed by atoms with E-state index in [4.69, 9.17) is 9.15 Å². The zero-order valence-corrected chi connectivity index (χ0v) is 13.5. The molecule has 3 rings (SSSR count). The Morgan fingerprint density at radius 3 is 2.75 bits per heavy atom. The normalized spacial score (nSPS) is 23.5. The minimum Gasteiger partial charge on any atom is -0.459 e. The second kappa shape index (κ2) is 6.64. The first-order valence-corrected chi connectivity index (χ1v) is 7.99. The quantitative estimate of drug-likeness (QED) is 0.786. The summed E-state index contributed by atoms with van der Waals surface area (Å²) in [5.74, 6) is -0.670. The molecule has 0 radical (unpaired) electrons. The number of rotatable bonds is 2. The highest BCUT2D eigenvalue weighted by molar-refractivity contribution is 5.93. The predicted octanol–water partition coefficient (Wildman–Crippen LogP) is -0.0945. The summed E-state index contributed by atoms with van der Waals surface area (Å²) in [7, 11) is 0. The maximum absolute atomic E-state index is 12.7. The Hall–Kier alpha value is -2.35. The molecule has 3 amide bonds. The Kier molecular flexibility index (Phi) is 4.57. The standard InChI is InChI=1S/C16H21N3O5/c1-11(20)17-12-9-19(15(22)13-3-2-6-24-13)10-16(18-14(12)21)4-7-23-8-5-16/h2-3,6,12H,4-5,7-10H2,1H3,(H,17,20)(H,18,21). The average Bonchev–Trinajstić information content (AvgIpc) is 3.03. The molecule has 0 aliphatic carbocycles. The molecule has 2 fully saturated rings. The maximum Gasteiger partial charge on any atom is 0.289 e. The van der Waals surface area contributed by atoms with E-state index in [1.165, 1.54) is 13.2 Å². The largest absolute Gasteiger partial charge is 0.459 e. The van der Waals surface area contributed by atoms with Crippen LogP contribution in [-0.4, -0.2) is 60.5 Å². The van der Waals surface area contributed by atoms with Crippen molar-refractivity contribution in [2.75, 3.05) is 26.3 Å². The van der Waals surface area contributed by atoms with Crippen molar-refractivity contribution in [2.24, 2.45) is 0 Å². The molecule has 0 aromatic carbocycles. The van der Waals surface area contributed by atoms with Crippen LogP contribution in [0.4, 0.5) is 0 Å². The molecule has 8 heteroatoms. The molecule has 24 heavy (non-hydrogen) atoms. The summed E-state index contributed by atoms with van der Waals surface area (Å²) in [5.41, 5.74) is -0.537. The Morgan fingerprint density at radius 2 is 2.12 bits per heavy atom. The lowest BCUT2D eigenvalue weighted by atomic mass is 9.89. The van der Waals surface area contributed by atoms with E-state index in [0.29, 0.717) is 32.6 Å². The first-order valence-electron chi connectivity index (χ1n) is 7.99. The summed E-state index contributed by atoms with van der Waals surface area (Å²) in [6.45, 7) is 2.86. The van der Waals surface area contributed by atoms with Gasteiger partial charge < -0.3 is 24.7 Å². The van der Waals surface area contributed by atoms with E-state index in [-0.39, 0.29) is 30.0 Å². The molecule has 1 spiro atoms. The van der Waals surface area contributed by atoms with Gasteiger partial charge in [0.2, 0.25) is 11.8 Å². The van der Waals surface area contributed by atoms with Gasteiger partial charge in [-0.05, 0) is 25.0 Å². The van der Waals surface area contributed by atoms with Crippen LogP contribution in [0.2, 0.25) is 0 Å². The van der Waals surface area contributed by atoms with Gasteiger partial charge in [-0.15, -0.1) is 0 Å². The van der Waals surface area contributed by atoms with Crippen LogP contribution in [-0.2, 0) is 14.3 Å². The number of carbonyl (C=O) groups excluding carboxylic acids is 3. The second-order valence-corrected chi connectivity index (χ2v) is 6.30. The van der Waals surface area contributed by atoms with Crippen molar-refractivity contribution in [2.45, 2.75) is 31.3 Å². The van der Waals surface area contributed by atoms with E-state index in [1.54, 1.807) is 17.0 Å². The molecule has 0 bridgehead atoms. The molecule has 1 unspecified atom stereocenters. The molecule has 0 saturated carbocycles. The number of furan rings is 1. The van der Waals surface area contributed by atoms with E-state index >= 15 is 0 Å². The first-order chi connectivity index (χ1) is 11.5. The summed E-state index contributed by atoms with van der Waals surface area (Å²) in [6.07, 6.45) is 2.67. The number of hydrogen-bond donors (Lipinski definition) is 2. The van der Waals surface area contributed by atoms with Crippen LogP contribution in [0.1, 0.15) is 30.3 Å². The maximum atomic E-state index is 12.7. The number of nitrogens with one attached hydrogen (secondary N) is 2. The van der Waals surface area contributed by atoms with Crippen molar-refractivity contribution in [3.05, 3.63) is 24.2 Å². The molecule has 1 aromatic rings. The van der Waals surface area contributed by atoms with Crippen LogP contribution in [0.25, 0.3) is 0 Å². The molecule has 8 nitrogen and oxygen atoms in total. The van der Waals surface area contributed by atoms with Gasteiger partial charge in [-0.25, -0.2) is 0 Å². The summed E-state index contributed by atoms with van der Waals surface area (Å²) < 4.78 is 10.6. The number of hydrogen-bond acceptors (Lipinski definition) is 5. The van der Waals surface area contributed by atoms with E-state index in [1.807, 2.05) is 0 Å². The van der Waals surface area contributed by atoms with Crippen LogP contribution < -0.4 is 10.6 Å². The Balaban J connectivity index is 1.88. The zero-order chi connectivity index (χ0) is 17.2. The summed E-state index contributed by atoms with van der Waals surface area (Å²) in [5, 5.41) is 5.64. The van der Waals surface area contributed by atoms with Gasteiger partial charge in [0.1, 0.15) is 6.04 Å². The second-order valence-electron chi connectivity index (χ2n) is 6.30. The van der Waals surface area contributed by atoms with Gasteiger partial charge in [-0.1, -0.05) is 0 Å². The van der Waals surface area contributed by atoms with E-state index in [2.05, 4.69) is 10.6 Å². The van der Waals surface area contributed by atoms with Crippen LogP contribution in [0.15, 0.2) is 22.8 Å². The third kappa shape index (κ3) is 3.43. The van der Waals surface area contributed by atoms with Crippen molar-refractivity contribution in [3.63, 3.8) is 0 Å². The molecule has 2 N–H and O–H groups in total. The van der Waals surface area contributed by atoms with Crippen LogP contribution in [0.5, 0.6) is 0 Å². The van der Waals surface area contributed by atoms with Gasteiger partial charge >= 0.3 is 0 Å². The van der Waals surface area contributed by atoms with Gasteiger partial charge in [0, 0.05) is 26.7 Å². The van der Waals surface area contributed by atoms with Gasteiger partial charge in [0.15, 0.2) is 5.76 Å². The van der Waals surface area contributed by atoms with Crippen LogP contribution >= 0.6 is 0 Å². The average molecular weight is 335 g/mol. The van der Waals surface area contributed by atoms with Crippen molar-refractivity contribution in [1.82, 2.24) is 15.5 Å². The molecular weight excluding hydrogens is 314 g/mol. The van der Waals surface area contributed by atoms with E-state index in [0.717, 1.165) is 0 Å². The Morgan fingerprint density at radius 1 is 1.38 bits per heavy atom. The SMILES string of the molecule is CC(=O)NC1CN(C(=O)c2ccco2)CC2(CCOCC2)NC1=O. The minimum absolute atomic E-state index is 0.105. The molecule has 2 saturated heterocycles. The van der Waals surface area contributed by atoms with Crippen LogP contribution in [0, 0.1) is 0 Å². The third-order valence-corrected chi connectivity index (χ3v) is 4.45. The highest BCUT2D eigenvalue weighted by Gasteiger charge is 2.43. The topological polar surface area (TPSA) is 101 Å². The van der Waals surface area contributed by atoms with Gasteiger partial charge in [-0.2, -0.15) is 0 Å². The monoisotopic (exact) mass is 335 g/mol. The van der Waals surface area contributed by atoms with Gasteiger partial charge in [0.25, 0.3) is 5.91 Å². The van der Waals surface area contributed by atoms with Crippen molar-refractivity contribution < 1.29 is 23.5 Å². The van der Waals surface area contributed by atoms with Crippen molar-refractivity contribution in [1.29, 1.82) is 0 Å². The fraction of sp³-hybridized carbons (Fsp3) is 0.562. The molecule has 2 aliphatic heterocycles. The molecule has 3 heterocycles. The number of nitrogens with zero attached hydrogens (tertiary/aromatic N) is 1. The van der Waals surface area contributed by atoms with Crippen LogP contribution in [0.3, 0.4) is 0 Å².